The van der Waals surface area contributed by atoms with Crippen molar-refractivity contribution >= 4 is 11.7 Å². The van der Waals surface area contributed by atoms with E-state index in [0.29, 0.717) is 0 Å². The van der Waals surface area contributed by atoms with Crippen molar-refractivity contribution in [1.82, 2.24) is 4.90 Å². The average molecular weight is 309 g/mol. The highest BCUT2D eigenvalue weighted by Crippen LogP contribution is 2.03. The Labute approximate surface area is 125 Å². The van der Waals surface area contributed by atoms with Gasteiger partial charge >= 0.3 is 0 Å². The quantitative estimate of drug-likeness (QED) is 0.495. The number of aliphatic hydroxyl groups excluding tert-OH is 3. The van der Waals surface area contributed by atoms with Crippen LogP contribution in [0, 0.1) is 0 Å². The summed E-state index contributed by atoms with van der Waals surface area (Å²) in [6.07, 6.45) is -3.81. The van der Waals surface area contributed by atoms with Crippen LogP contribution in [0.15, 0.2) is 0 Å². The predicted molar refractivity (Wildman–Crippen MR) is 75.8 cm³/mol. The number of nitrogens with zero attached hydrogens (tertiary/aromatic N) is 1. The Kier molecular flexibility index (Phi) is 13.4. The fourth-order valence-corrected chi connectivity index (χ4v) is 1.25. The number of amides is 1. The summed E-state index contributed by atoms with van der Waals surface area (Å²) < 4.78 is 9.29. The minimum absolute atomic E-state index is 0.0893. The summed E-state index contributed by atoms with van der Waals surface area (Å²) in [5.74, 6) is -0.153. The number of carbonyl (C=O) groups is 2. The van der Waals surface area contributed by atoms with Crippen LogP contribution in [0.25, 0.3) is 0 Å². The third kappa shape index (κ3) is 12.4. The molecule has 8 nitrogen and oxygen atoms in total. The zero-order valence-corrected chi connectivity index (χ0v) is 13.3. The Morgan fingerprint density at radius 2 is 1.52 bits per heavy atom. The zero-order valence-electron chi connectivity index (χ0n) is 13.3. The van der Waals surface area contributed by atoms with Crippen LogP contribution in [0.1, 0.15) is 13.8 Å². The van der Waals surface area contributed by atoms with Gasteiger partial charge in [0.25, 0.3) is 0 Å². The van der Waals surface area contributed by atoms with E-state index in [1.807, 2.05) is 0 Å². The molecule has 3 unspecified atom stereocenters. The second-order valence-corrected chi connectivity index (χ2v) is 4.70. The van der Waals surface area contributed by atoms with Crippen molar-refractivity contribution < 1.29 is 34.4 Å². The average Bonchev–Trinajstić information content (AvgIpc) is 2.37. The molecule has 0 saturated carbocycles. The maximum Gasteiger partial charge on any atom is 0.248 e. The molecule has 0 radical (unpaired) electrons. The summed E-state index contributed by atoms with van der Waals surface area (Å²) >= 11 is 0. The maximum atomic E-state index is 11.3. The molecule has 0 aliphatic carbocycles. The van der Waals surface area contributed by atoms with E-state index in [9.17, 15) is 24.9 Å². The molecular formula is C13H27NO7. The van der Waals surface area contributed by atoms with Crippen molar-refractivity contribution in [3.63, 3.8) is 0 Å². The third-order valence-electron chi connectivity index (χ3n) is 2.28. The first-order valence-corrected chi connectivity index (χ1v) is 6.40. The van der Waals surface area contributed by atoms with E-state index >= 15 is 0 Å². The second-order valence-electron chi connectivity index (χ2n) is 4.70. The Morgan fingerprint density at radius 3 is 1.90 bits per heavy atom. The number of aliphatic hydroxyl groups is 3. The van der Waals surface area contributed by atoms with Crippen LogP contribution in [-0.2, 0) is 19.1 Å². The lowest BCUT2D eigenvalue weighted by atomic mass is 10.1. The van der Waals surface area contributed by atoms with Crippen molar-refractivity contribution in [1.29, 1.82) is 0 Å². The Morgan fingerprint density at radius 1 is 1.05 bits per heavy atom. The molecule has 3 atom stereocenters. The van der Waals surface area contributed by atoms with Crippen LogP contribution in [0.5, 0.6) is 0 Å². The van der Waals surface area contributed by atoms with E-state index in [2.05, 4.69) is 9.47 Å². The van der Waals surface area contributed by atoms with Crippen LogP contribution in [0.2, 0.25) is 0 Å². The van der Waals surface area contributed by atoms with Gasteiger partial charge in [-0.1, -0.05) is 0 Å². The fraction of sp³-hybridized carbons (Fsp3) is 0.846. The number of ketones is 1. The highest BCUT2D eigenvalue weighted by Gasteiger charge is 2.26. The van der Waals surface area contributed by atoms with E-state index < -0.39 is 18.3 Å². The molecule has 0 aliphatic heterocycles. The van der Waals surface area contributed by atoms with Crippen LogP contribution in [0.4, 0.5) is 0 Å². The minimum Gasteiger partial charge on any atom is -0.388 e. The van der Waals surface area contributed by atoms with Crippen LogP contribution in [-0.4, -0.2) is 91.2 Å². The van der Waals surface area contributed by atoms with Gasteiger partial charge in [-0.15, -0.1) is 0 Å². The van der Waals surface area contributed by atoms with Crippen LogP contribution in [0.3, 0.4) is 0 Å². The van der Waals surface area contributed by atoms with E-state index in [4.69, 9.17) is 0 Å². The molecule has 126 valence electrons. The van der Waals surface area contributed by atoms with Crippen molar-refractivity contribution in [3.8, 4) is 0 Å². The van der Waals surface area contributed by atoms with E-state index in [-0.39, 0.29) is 31.4 Å². The number of Topliss-reactive ketones (excluding diaryl/α,β-unsaturated/α-hetero) is 1. The van der Waals surface area contributed by atoms with Gasteiger partial charge in [-0.3, -0.25) is 4.79 Å². The normalized spacial score (nSPS) is 14.5. The molecule has 3 N–H and O–H groups in total. The zero-order chi connectivity index (χ0) is 17.0. The Balaban J connectivity index is 0. The lowest BCUT2D eigenvalue weighted by Crippen LogP contribution is -2.47. The number of ether oxygens (including phenoxy) is 2. The van der Waals surface area contributed by atoms with Crippen molar-refractivity contribution in [3.05, 3.63) is 0 Å². The van der Waals surface area contributed by atoms with Gasteiger partial charge in [0.2, 0.25) is 5.91 Å². The monoisotopic (exact) mass is 309 g/mol. The number of hydrogen-bond donors (Lipinski definition) is 3. The van der Waals surface area contributed by atoms with Gasteiger partial charge < -0.3 is 34.5 Å². The summed E-state index contributed by atoms with van der Waals surface area (Å²) in [5.41, 5.74) is 0. The van der Waals surface area contributed by atoms with E-state index in [1.54, 1.807) is 0 Å². The fourth-order valence-electron chi connectivity index (χ4n) is 1.25. The first kappa shape index (κ1) is 22.2. The topological polar surface area (TPSA) is 117 Å². The molecule has 0 aliphatic rings. The summed E-state index contributed by atoms with van der Waals surface area (Å²) in [6.45, 7) is 2.78. The third-order valence-corrected chi connectivity index (χ3v) is 2.28. The second kappa shape index (κ2) is 12.7. The molecule has 0 aromatic carbocycles. The van der Waals surface area contributed by atoms with Gasteiger partial charge in [0, 0.05) is 27.8 Å². The van der Waals surface area contributed by atoms with Gasteiger partial charge in [-0.05, 0) is 13.8 Å². The molecule has 0 aromatic rings. The number of likely N-dealkylation sites (N-methyl/N-ethyl adjacent to an activating group) is 1. The molecule has 8 heteroatoms. The van der Waals surface area contributed by atoms with Gasteiger partial charge in [0.15, 0.2) is 0 Å². The van der Waals surface area contributed by atoms with Crippen molar-refractivity contribution in [2.45, 2.75) is 32.2 Å². The lowest BCUT2D eigenvalue weighted by Gasteiger charge is -2.26. The number of rotatable bonds is 8. The SMILES string of the molecule is CC(C)=O.COCC(=O)N(C)CC(O)C(O)C(O)COC. The molecule has 0 saturated heterocycles. The van der Waals surface area contributed by atoms with E-state index in [1.165, 1.54) is 40.0 Å². The maximum absolute atomic E-state index is 11.3. The van der Waals surface area contributed by atoms with Crippen LogP contribution >= 0.6 is 0 Å². The number of methoxy groups -OCH3 is 2. The van der Waals surface area contributed by atoms with Gasteiger partial charge in [-0.25, -0.2) is 0 Å². The Bertz CT molecular complexity index is 294. The summed E-state index contributed by atoms with van der Waals surface area (Å²) in [4.78, 5) is 22.0. The number of carbonyl (C=O) groups excluding carboxylic acids is 2. The molecular weight excluding hydrogens is 282 g/mol. The molecule has 0 spiro atoms. The highest BCUT2D eigenvalue weighted by atomic mass is 16.5. The summed E-state index contributed by atoms with van der Waals surface area (Å²) in [5, 5.41) is 28.5. The van der Waals surface area contributed by atoms with Crippen LogP contribution < -0.4 is 0 Å². The van der Waals surface area contributed by atoms with E-state index in [0.717, 1.165) is 0 Å². The molecule has 0 rings (SSSR count). The molecule has 1 amide bonds. The molecule has 0 bridgehead atoms. The molecule has 0 fully saturated rings. The first-order chi connectivity index (χ1) is 9.67. The highest BCUT2D eigenvalue weighted by molar-refractivity contribution is 5.77. The van der Waals surface area contributed by atoms with Crippen molar-refractivity contribution in [2.75, 3.05) is 41.0 Å². The lowest BCUT2D eigenvalue weighted by molar-refractivity contribution is -0.138. The number of hydrogen-bond acceptors (Lipinski definition) is 7. The smallest absolute Gasteiger partial charge is 0.248 e. The first-order valence-electron chi connectivity index (χ1n) is 6.40. The standard InChI is InChI=1S/C10H21NO6.C3H6O/c1-11(9(14)6-17-3)4-7(12)10(15)8(13)5-16-2;1-3(2)4/h7-8,10,12-13,15H,4-6H2,1-3H3;1-2H3. The summed E-state index contributed by atoms with van der Waals surface area (Å²) in [7, 11) is 4.23. The van der Waals surface area contributed by atoms with Gasteiger partial charge in [-0.2, -0.15) is 0 Å². The largest absolute Gasteiger partial charge is 0.388 e. The molecule has 21 heavy (non-hydrogen) atoms. The van der Waals surface area contributed by atoms with Gasteiger partial charge in [0.05, 0.1) is 6.61 Å². The molecule has 0 aromatic heterocycles. The Hall–Kier alpha value is -1.06. The molecule has 0 heterocycles. The predicted octanol–water partition coefficient (Wildman–Crippen LogP) is -1.58. The van der Waals surface area contributed by atoms with Crippen molar-refractivity contribution in [2.24, 2.45) is 0 Å². The summed E-state index contributed by atoms with van der Waals surface area (Å²) in [6, 6.07) is 0. The van der Waals surface area contributed by atoms with Gasteiger partial charge in [0.1, 0.15) is 30.7 Å². The minimum atomic E-state index is -1.37.